The van der Waals surface area contributed by atoms with Gasteiger partial charge in [-0.15, -0.1) is 0 Å². The standard InChI is InChI=1S/C46H35N/c1-30-21-27-43(37-15-5-4-13-35(30)37)46-41-18-8-6-16-39(41)45(40-17-7-9-19-42(40)46)33-24-22-31(23-25-33)34-26-28-44(47-29-34)38-20-10-12-32-11-2-3-14-36(32)38/h2-20,22,24,26,28-29H,21,23,25,27H2,1H3. The molecule has 0 aliphatic heterocycles. The van der Waals surface area contributed by atoms with Gasteiger partial charge in [-0.1, -0.05) is 139 Å². The molecular weight excluding hydrogens is 567 g/mol. The summed E-state index contributed by atoms with van der Waals surface area (Å²) in [5.41, 5.74) is 11.9. The van der Waals surface area contributed by atoms with E-state index in [1.165, 1.54) is 87.3 Å². The van der Waals surface area contributed by atoms with Gasteiger partial charge in [0.1, 0.15) is 0 Å². The van der Waals surface area contributed by atoms with Crippen LogP contribution in [0.1, 0.15) is 49.3 Å². The molecule has 9 rings (SSSR count). The highest BCUT2D eigenvalue weighted by molar-refractivity contribution is 6.16. The molecule has 0 N–H and O–H groups in total. The molecule has 0 saturated carbocycles. The molecule has 224 valence electrons. The van der Waals surface area contributed by atoms with Crippen LogP contribution in [-0.2, 0) is 0 Å². The third-order valence-corrected chi connectivity index (χ3v) is 10.4. The molecule has 0 spiro atoms. The molecule has 0 saturated heterocycles. The molecule has 0 atom stereocenters. The molecule has 0 fully saturated rings. The lowest BCUT2D eigenvalue weighted by Gasteiger charge is -2.23. The van der Waals surface area contributed by atoms with Crippen LogP contribution in [0.2, 0.25) is 0 Å². The first-order valence-corrected chi connectivity index (χ1v) is 16.8. The van der Waals surface area contributed by atoms with Crippen molar-refractivity contribution in [2.24, 2.45) is 0 Å². The first kappa shape index (κ1) is 27.8. The highest BCUT2D eigenvalue weighted by atomic mass is 14.7. The number of rotatable bonds is 4. The number of hydrogen-bond acceptors (Lipinski definition) is 1. The van der Waals surface area contributed by atoms with Gasteiger partial charge >= 0.3 is 0 Å². The van der Waals surface area contributed by atoms with E-state index in [0.717, 1.165) is 31.4 Å². The van der Waals surface area contributed by atoms with Gasteiger partial charge in [0.25, 0.3) is 0 Å². The Morgan fingerprint density at radius 1 is 0.468 bits per heavy atom. The van der Waals surface area contributed by atoms with E-state index < -0.39 is 0 Å². The summed E-state index contributed by atoms with van der Waals surface area (Å²) in [7, 11) is 0. The first-order valence-electron chi connectivity index (χ1n) is 16.8. The lowest BCUT2D eigenvalue weighted by atomic mass is 9.80. The number of fused-ring (bicyclic) bond motifs is 4. The highest BCUT2D eigenvalue weighted by Gasteiger charge is 2.22. The predicted molar refractivity (Wildman–Crippen MR) is 200 cm³/mol. The highest BCUT2D eigenvalue weighted by Crippen LogP contribution is 2.43. The fourth-order valence-electron chi connectivity index (χ4n) is 8.04. The topological polar surface area (TPSA) is 12.9 Å². The lowest BCUT2D eigenvalue weighted by Crippen LogP contribution is -2.31. The van der Waals surface area contributed by atoms with E-state index in [2.05, 4.69) is 153 Å². The van der Waals surface area contributed by atoms with Gasteiger partial charge in [0.05, 0.1) is 5.69 Å². The normalized spacial score (nSPS) is 14.7. The summed E-state index contributed by atoms with van der Waals surface area (Å²) in [6.07, 6.45) is 10.9. The first-order chi connectivity index (χ1) is 23.2. The molecule has 0 unspecified atom stereocenters. The summed E-state index contributed by atoms with van der Waals surface area (Å²) >= 11 is 0. The molecular formula is C46H35N. The van der Waals surface area contributed by atoms with E-state index in [-0.39, 0.29) is 0 Å². The molecule has 7 aromatic rings. The number of allylic oxidation sites excluding steroid dienone is 4. The van der Waals surface area contributed by atoms with Crippen molar-refractivity contribution in [2.45, 2.75) is 32.6 Å². The molecule has 2 aliphatic rings. The zero-order valence-corrected chi connectivity index (χ0v) is 26.6. The Morgan fingerprint density at radius 3 is 1.74 bits per heavy atom. The maximum absolute atomic E-state index is 4.94. The van der Waals surface area contributed by atoms with E-state index >= 15 is 0 Å². The van der Waals surface area contributed by atoms with E-state index in [1.54, 1.807) is 0 Å². The van der Waals surface area contributed by atoms with Gasteiger partial charge in [0.2, 0.25) is 0 Å². The molecule has 1 heteroatoms. The third-order valence-electron chi connectivity index (χ3n) is 10.4. The zero-order valence-electron chi connectivity index (χ0n) is 26.6. The van der Waals surface area contributed by atoms with Crippen molar-refractivity contribution in [2.75, 3.05) is 0 Å². The van der Waals surface area contributed by atoms with E-state index in [0.29, 0.717) is 0 Å². The van der Waals surface area contributed by atoms with E-state index in [4.69, 9.17) is 4.98 Å². The number of nitrogens with zero attached hydrogens (tertiary/aromatic N) is 1. The predicted octanol–water partition coefficient (Wildman–Crippen LogP) is 10.6. The van der Waals surface area contributed by atoms with Gasteiger partial charge in [-0.3, -0.25) is 4.98 Å². The zero-order chi connectivity index (χ0) is 31.3. The van der Waals surface area contributed by atoms with Crippen LogP contribution < -0.4 is 10.4 Å². The monoisotopic (exact) mass is 601 g/mol. The van der Waals surface area contributed by atoms with Crippen LogP contribution in [0.3, 0.4) is 0 Å². The molecule has 0 bridgehead atoms. The van der Waals surface area contributed by atoms with Crippen LogP contribution in [0.15, 0.2) is 146 Å². The maximum atomic E-state index is 4.94. The second-order valence-corrected chi connectivity index (χ2v) is 13.0. The van der Waals surface area contributed by atoms with Crippen LogP contribution in [0.4, 0.5) is 0 Å². The lowest BCUT2D eigenvalue weighted by molar-refractivity contribution is 1.04. The fourth-order valence-corrected chi connectivity index (χ4v) is 8.04. The average molecular weight is 602 g/mol. The maximum Gasteiger partial charge on any atom is 0.0708 e. The average Bonchev–Trinajstić information content (AvgIpc) is 3.14. The Bertz CT molecular complexity index is 2500. The van der Waals surface area contributed by atoms with Crippen molar-refractivity contribution in [3.05, 3.63) is 173 Å². The minimum absolute atomic E-state index is 0.991. The SMILES string of the molecule is CC1=c2ccccc2=C(c2c3ccccc3c(C3=CC=C(c4ccc(-c5cccc6ccccc56)nc4)CC3)c3ccccc23)CC1. The van der Waals surface area contributed by atoms with Crippen LogP contribution in [-0.4, -0.2) is 4.98 Å². The van der Waals surface area contributed by atoms with Crippen molar-refractivity contribution >= 4 is 54.6 Å². The molecule has 1 heterocycles. The Balaban J connectivity index is 1.16. The summed E-state index contributed by atoms with van der Waals surface area (Å²) in [6, 6.07) is 46.6. The smallest absolute Gasteiger partial charge is 0.0708 e. The van der Waals surface area contributed by atoms with Gasteiger partial charge in [-0.05, 0) is 115 Å². The van der Waals surface area contributed by atoms with E-state index in [1.807, 2.05) is 0 Å². The minimum atomic E-state index is 0.991. The second-order valence-electron chi connectivity index (χ2n) is 13.0. The van der Waals surface area contributed by atoms with Crippen molar-refractivity contribution < 1.29 is 0 Å². The molecule has 2 aliphatic carbocycles. The summed E-state index contributed by atoms with van der Waals surface area (Å²) in [6.45, 7) is 2.29. The van der Waals surface area contributed by atoms with Crippen LogP contribution >= 0.6 is 0 Å². The van der Waals surface area contributed by atoms with Gasteiger partial charge in [0, 0.05) is 11.8 Å². The molecule has 1 nitrogen and oxygen atoms in total. The number of hydrogen-bond donors (Lipinski definition) is 0. The van der Waals surface area contributed by atoms with Crippen molar-refractivity contribution in [3.8, 4) is 11.3 Å². The molecule has 0 radical (unpaired) electrons. The Labute approximate surface area is 275 Å². The molecule has 47 heavy (non-hydrogen) atoms. The van der Waals surface area contributed by atoms with Gasteiger partial charge in [0.15, 0.2) is 0 Å². The Kier molecular flexibility index (Phi) is 6.71. The summed E-state index contributed by atoms with van der Waals surface area (Å²) in [4.78, 5) is 4.94. The summed E-state index contributed by atoms with van der Waals surface area (Å²) in [5.74, 6) is 0. The second kappa shape index (κ2) is 11.4. The number of benzene rings is 6. The van der Waals surface area contributed by atoms with Crippen LogP contribution in [0, 0.1) is 0 Å². The van der Waals surface area contributed by atoms with Crippen molar-refractivity contribution in [1.82, 2.24) is 4.98 Å². The fraction of sp³-hybridized carbons (Fsp3) is 0.109. The molecule has 6 aromatic carbocycles. The van der Waals surface area contributed by atoms with Crippen molar-refractivity contribution in [1.29, 1.82) is 0 Å². The molecule has 0 amide bonds. The van der Waals surface area contributed by atoms with Gasteiger partial charge < -0.3 is 0 Å². The number of aromatic nitrogens is 1. The minimum Gasteiger partial charge on any atom is -0.256 e. The van der Waals surface area contributed by atoms with Crippen LogP contribution in [0.25, 0.3) is 65.9 Å². The van der Waals surface area contributed by atoms with Crippen molar-refractivity contribution in [3.63, 3.8) is 0 Å². The number of pyridine rings is 1. The van der Waals surface area contributed by atoms with Gasteiger partial charge in [-0.2, -0.15) is 0 Å². The summed E-state index contributed by atoms with van der Waals surface area (Å²) in [5, 5.41) is 10.7. The Hall–Kier alpha value is -5.53. The van der Waals surface area contributed by atoms with E-state index in [9.17, 15) is 0 Å². The largest absolute Gasteiger partial charge is 0.256 e. The third kappa shape index (κ3) is 4.65. The quantitative estimate of drug-likeness (QED) is 0.183. The summed E-state index contributed by atoms with van der Waals surface area (Å²) < 4.78 is 0. The van der Waals surface area contributed by atoms with Crippen LogP contribution in [0.5, 0.6) is 0 Å². The Morgan fingerprint density at radius 2 is 1.06 bits per heavy atom. The van der Waals surface area contributed by atoms with Gasteiger partial charge in [-0.25, -0.2) is 0 Å². The molecule has 1 aromatic heterocycles.